The molecule has 6 heavy (non-hydrogen) atoms. The van der Waals surface area contributed by atoms with Crippen molar-refractivity contribution < 1.29 is 0 Å². The molecule has 0 aromatic rings. The number of rotatable bonds is 3. The molecule has 0 aromatic heterocycles. The Hall–Kier alpha value is -0.0800. The standard InChI is InChI=1S/C4H10N2/c1-2-6-4-3-5/h5H,2-4H2,1H3. The van der Waals surface area contributed by atoms with Gasteiger partial charge in [-0.25, -0.2) is 5.32 Å². The van der Waals surface area contributed by atoms with Gasteiger partial charge in [-0.05, 0) is 0 Å². The van der Waals surface area contributed by atoms with Crippen molar-refractivity contribution in [1.82, 2.24) is 11.1 Å². The molecule has 36 valence electrons. The summed E-state index contributed by atoms with van der Waals surface area (Å²) in [5.74, 6) is 0. The third-order valence-electron chi connectivity index (χ3n) is 0.494. The average molecular weight is 86.1 g/mol. The van der Waals surface area contributed by atoms with Gasteiger partial charge in [0.2, 0.25) is 0 Å². The van der Waals surface area contributed by atoms with Crippen molar-refractivity contribution in [3.05, 3.63) is 0 Å². The maximum atomic E-state index is 6.61. The minimum absolute atomic E-state index is 0.438. The number of nitrogens with one attached hydrogen (secondary N) is 1. The van der Waals surface area contributed by atoms with E-state index in [9.17, 15) is 0 Å². The molecule has 0 amide bonds. The van der Waals surface area contributed by atoms with Crippen molar-refractivity contribution >= 4 is 0 Å². The average Bonchev–Trinajstić information content (AvgIpc) is 1.61. The summed E-state index contributed by atoms with van der Waals surface area (Å²) in [5, 5.41) is 3.90. The molecule has 1 N–H and O–H groups in total. The van der Waals surface area contributed by atoms with E-state index in [-0.39, 0.29) is 0 Å². The Morgan fingerprint density at radius 3 is 2.50 bits per heavy atom. The second-order valence-electron chi connectivity index (χ2n) is 1.01. The normalized spacial score (nSPS) is 9.00. The molecule has 2 nitrogen and oxygen atoms in total. The van der Waals surface area contributed by atoms with Crippen LogP contribution >= 0.6 is 0 Å². The summed E-state index contributed by atoms with van der Waals surface area (Å²) in [6, 6.07) is 0. The zero-order valence-electron chi connectivity index (χ0n) is 4.07. The quantitative estimate of drug-likeness (QED) is 0.430. The van der Waals surface area contributed by atoms with Crippen LogP contribution in [0.15, 0.2) is 0 Å². The maximum absolute atomic E-state index is 6.61. The van der Waals surface area contributed by atoms with Gasteiger partial charge in [0, 0.05) is 19.6 Å². The molecular formula is C4H10N2. The molecule has 0 unspecified atom stereocenters. The third kappa shape index (κ3) is 3.92. The molecule has 0 saturated carbocycles. The van der Waals surface area contributed by atoms with Crippen LogP contribution in [0.2, 0.25) is 0 Å². The number of hydrogen-bond acceptors (Lipinski definition) is 0. The Kier molecular flexibility index (Phi) is 4.85. The molecule has 0 saturated heterocycles. The highest BCUT2D eigenvalue weighted by atomic mass is 14.9. The number of likely N-dealkylation sites (N-methyl/N-ethyl adjacent to an activating group) is 1. The van der Waals surface area contributed by atoms with Crippen LogP contribution in [0.5, 0.6) is 0 Å². The summed E-state index contributed by atoms with van der Waals surface area (Å²) in [4.78, 5) is 0. The predicted molar refractivity (Wildman–Crippen MR) is 25.5 cm³/mol. The van der Waals surface area contributed by atoms with Crippen LogP contribution in [0.4, 0.5) is 0 Å². The van der Waals surface area contributed by atoms with Gasteiger partial charge in [0.15, 0.2) is 0 Å². The van der Waals surface area contributed by atoms with Crippen LogP contribution in [0.3, 0.4) is 0 Å². The third-order valence-corrected chi connectivity index (χ3v) is 0.494. The van der Waals surface area contributed by atoms with Crippen LogP contribution in [0.1, 0.15) is 6.92 Å². The molecule has 0 bridgehead atoms. The SMILES string of the molecule is CC[N]CC[NH]. The molecule has 0 aliphatic heterocycles. The molecule has 0 heterocycles. The Labute approximate surface area is 38.7 Å². The Morgan fingerprint density at radius 1 is 1.67 bits per heavy atom. The largest absolute Gasteiger partial charge is 0.256 e. The zero-order chi connectivity index (χ0) is 4.83. The van der Waals surface area contributed by atoms with E-state index in [1.807, 2.05) is 6.92 Å². The van der Waals surface area contributed by atoms with Crippen LogP contribution in [-0.4, -0.2) is 19.6 Å². The Balaban J connectivity index is 2.34. The van der Waals surface area contributed by atoms with E-state index in [1.165, 1.54) is 0 Å². The van der Waals surface area contributed by atoms with E-state index >= 15 is 0 Å². The fourth-order valence-corrected chi connectivity index (χ4v) is 0.237. The van der Waals surface area contributed by atoms with Crippen molar-refractivity contribution in [1.29, 1.82) is 0 Å². The van der Waals surface area contributed by atoms with Gasteiger partial charge in [-0.15, -0.1) is 0 Å². The van der Waals surface area contributed by atoms with Gasteiger partial charge in [0.25, 0.3) is 0 Å². The first-order chi connectivity index (χ1) is 2.91. The summed E-state index contributed by atoms with van der Waals surface area (Å²) in [6.07, 6.45) is 0. The Morgan fingerprint density at radius 2 is 2.33 bits per heavy atom. The fourth-order valence-electron chi connectivity index (χ4n) is 0.237. The molecular weight excluding hydrogens is 76.1 g/mol. The zero-order valence-corrected chi connectivity index (χ0v) is 4.07. The maximum Gasteiger partial charge on any atom is 0.0272 e. The molecule has 0 aliphatic carbocycles. The minimum atomic E-state index is 0.438. The highest BCUT2D eigenvalue weighted by Gasteiger charge is 1.74. The minimum Gasteiger partial charge on any atom is -0.256 e. The van der Waals surface area contributed by atoms with Gasteiger partial charge in [-0.3, -0.25) is 5.73 Å². The summed E-state index contributed by atoms with van der Waals surface area (Å²) in [7, 11) is 0. The highest BCUT2D eigenvalue weighted by Crippen LogP contribution is 1.55. The van der Waals surface area contributed by atoms with Crippen molar-refractivity contribution in [2.75, 3.05) is 19.6 Å². The molecule has 0 spiro atoms. The van der Waals surface area contributed by atoms with Gasteiger partial charge in [-0.2, -0.15) is 0 Å². The van der Waals surface area contributed by atoms with E-state index in [1.54, 1.807) is 0 Å². The lowest BCUT2D eigenvalue weighted by molar-refractivity contribution is 0.703. The summed E-state index contributed by atoms with van der Waals surface area (Å²) in [5.41, 5.74) is 6.61. The molecule has 2 radical (unpaired) electrons. The van der Waals surface area contributed by atoms with E-state index in [0.29, 0.717) is 13.1 Å². The molecule has 0 atom stereocenters. The second kappa shape index (κ2) is 4.92. The van der Waals surface area contributed by atoms with Crippen LogP contribution in [0, 0.1) is 0 Å². The monoisotopic (exact) mass is 86.1 g/mol. The predicted octanol–water partition coefficient (Wildman–Crippen LogP) is -0.106. The van der Waals surface area contributed by atoms with E-state index in [2.05, 4.69) is 5.32 Å². The van der Waals surface area contributed by atoms with Crippen LogP contribution in [0.25, 0.3) is 0 Å². The summed E-state index contributed by atoms with van der Waals surface area (Å²) in [6.45, 7) is 3.99. The summed E-state index contributed by atoms with van der Waals surface area (Å²) < 4.78 is 0. The van der Waals surface area contributed by atoms with Crippen molar-refractivity contribution in [2.24, 2.45) is 0 Å². The van der Waals surface area contributed by atoms with E-state index in [0.717, 1.165) is 6.54 Å². The van der Waals surface area contributed by atoms with Crippen LogP contribution < -0.4 is 11.1 Å². The number of nitrogens with zero attached hydrogens (tertiary/aromatic N) is 1. The smallest absolute Gasteiger partial charge is 0.0272 e. The molecule has 0 aliphatic rings. The topological polar surface area (TPSA) is 37.9 Å². The van der Waals surface area contributed by atoms with Gasteiger partial charge in [-0.1, -0.05) is 6.92 Å². The van der Waals surface area contributed by atoms with E-state index in [4.69, 9.17) is 5.73 Å². The molecule has 0 fully saturated rings. The lowest BCUT2D eigenvalue weighted by atomic mass is 10.6. The first-order valence-electron chi connectivity index (χ1n) is 2.19. The van der Waals surface area contributed by atoms with Crippen LogP contribution in [-0.2, 0) is 0 Å². The second-order valence-corrected chi connectivity index (χ2v) is 1.01. The highest BCUT2D eigenvalue weighted by molar-refractivity contribution is 4.37. The van der Waals surface area contributed by atoms with Crippen molar-refractivity contribution in [2.45, 2.75) is 6.92 Å². The lowest BCUT2D eigenvalue weighted by Crippen LogP contribution is -2.09. The molecule has 0 rings (SSSR count). The first kappa shape index (κ1) is 5.92. The van der Waals surface area contributed by atoms with Gasteiger partial charge in [0.05, 0.1) is 0 Å². The van der Waals surface area contributed by atoms with Gasteiger partial charge >= 0.3 is 0 Å². The Bertz CT molecular complexity index is 17.5. The van der Waals surface area contributed by atoms with Gasteiger partial charge < -0.3 is 0 Å². The lowest BCUT2D eigenvalue weighted by Gasteiger charge is -1.88. The fraction of sp³-hybridized carbons (Fsp3) is 1.00. The van der Waals surface area contributed by atoms with Gasteiger partial charge in [0.1, 0.15) is 0 Å². The van der Waals surface area contributed by atoms with Crippen molar-refractivity contribution in [3.8, 4) is 0 Å². The van der Waals surface area contributed by atoms with E-state index < -0.39 is 0 Å². The number of hydrogen-bond donors (Lipinski definition) is 0. The molecule has 0 aromatic carbocycles. The summed E-state index contributed by atoms with van der Waals surface area (Å²) >= 11 is 0. The van der Waals surface area contributed by atoms with Crippen molar-refractivity contribution in [3.63, 3.8) is 0 Å². The molecule has 2 heteroatoms. The first-order valence-corrected chi connectivity index (χ1v) is 2.19.